The summed E-state index contributed by atoms with van der Waals surface area (Å²) in [5.41, 5.74) is 2.53. The second-order valence-corrected chi connectivity index (χ2v) is 11.1. The lowest BCUT2D eigenvalue weighted by Crippen LogP contribution is -2.31. The molecule has 2 rings (SSSR count). The fourth-order valence-electron chi connectivity index (χ4n) is 2.94. The van der Waals surface area contributed by atoms with Crippen LogP contribution in [0.5, 0.6) is 0 Å². The number of hydrogen-bond donors (Lipinski definition) is 4. The van der Waals surface area contributed by atoms with Gasteiger partial charge in [-0.3, -0.25) is 24.1 Å². The van der Waals surface area contributed by atoms with E-state index in [9.17, 15) is 33.6 Å². The molecule has 0 saturated carbocycles. The van der Waals surface area contributed by atoms with Gasteiger partial charge in [0.15, 0.2) is 0 Å². The molecule has 1 aromatic carbocycles. The summed E-state index contributed by atoms with van der Waals surface area (Å²) in [7, 11) is 5.33. The summed E-state index contributed by atoms with van der Waals surface area (Å²) in [4.78, 5) is 73.5. The number of esters is 1. The highest BCUT2D eigenvalue weighted by molar-refractivity contribution is 6.13. The number of amides is 2. The van der Waals surface area contributed by atoms with Crippen LogP contribution in [0.15, 0.2) is 30.4 Å². The van der Waals surface area contributed by atoms with E-state index in [0.717, 1.165) is 59.3 Å². The summed E-state index contributed by atoms with van der Waals surface area (Å²) in [6.45, 7) is 12.1. The third-order valence-electron chi connectivity index (χ3n) is 5.66. The maximum Gasteiger partial charge on any atom is 0.311 e. The molecule has 0 aliphatic carbocycles. The molecule has 4 N–H and O–H groups in total. The number of hydrogen-bond acceptors (Lipinski definition) is 11. The first-order valence-corrected chi connectivity index (χ1v) is 15.5. The number of carbonyl (C=O) groups is 7. The molecule has 13 heteroatoms. The molecule has 13 nitrogen and oxygen atoms in total. The van der Waals surface area contributed by atoms with Crippen LogP contribution in [0.2, 0.25) is 0 Å². The van der Waals surface area contributed by atoms with Crippen molar-refractivity contribution < 1.29 is 43.4 Å². The molecule has 1 aliphatic rings. The maximum absolute atomic E-state index is 11.9. The van der Waals surface area contributed by atoms with Gasteiger partial charge in [0, 0.05) is 31.3 Å². The Morgan fingerprint density at radius 1 is 0.957 bits per heavy atom. The highest BCUT2D eigenvalue weighted by atomic mass is 16.5. The summed E-state index contributed by atoms with van der Waals surface area (Å²) in [6, 6.07) is 5.93. The van der Waals surface area contributed by atoms with Gasteiger partial charge >= 0.3 is 11.9 Å². The number of carbonyl (C=O) groups excluding carboxylic acids is 6. The first kappa shape index (κ1) is 47.2. The van der Waals surface area contributed by atoms with Crippen molar-refractivity contribution in [3.8, 4) is 0 Å². The number of imide groups is 1. The van der Waals surface area contributed by atoms with Crippen molar-refractivity contribution in [2.45, 2.75) is 86.3 Å². The van der Waals surface area contributed by atoms with E-state index >= 15 is 0 Å². The minimum absolute atomic E-state index is 0.00463. The first-order chi connectivity index (χ1) is 22.1. The van der Waals surface area contributed by atoms with E-state index < -0.39 is 23.2 Å². The Balaban J connectivity index is -0.000000656. The number of carboxylic acids is 1. The van der Waals surface area contributed by atoms with E-state index in [-0.39, 0.29) is 31.6 Å². The Morgan fingerprint density at radius 3 is 1.89 bits per heavy atom. The molecule has 1 atom stereocenters. The third-order valence-corrected chi connectivity index (χ3v) is 5.66. The molecule has 0 bridgehead atoms. The molecule has 266 valence electrons. The standard InChI is InChI=1S/C18H27NO4.C6H5NO3.C4H9NO.C3H7NO.C3H8/c1-18(2,3)17(22)23-12-14-9-10-15(19-4)11-13(14)7-5-6-8-16(20)21;8-4-3-7-5(9)1-2-6(7)10;1-4(3-6)5-2;1-4-2-3-5;1-3-2/h9-11,19H,5-8,12H2,1-4H3,(H,20,21);1-2,4H,3H2;3-5H,1-2H3;3-4H,2H2,1H3;3H2,1-2H3. The predicted molar refractivity (Wildman–Crippen MR) is 183 cm³/mol. The Labute approximate surface area is 279 Å². The van der Waals surface area contributed by atoms with Crippen LogP contribution >= 0.6 is 0 Å². The number of ether oxygens (including phenoxy) is 1. The number of likely N-dealkylation sites (N-methyl/N-ethyl adjacent to an activating group) is 2. The van der Waals surface area contributed by atoms with E-state index in [1.807, 2.05) is 46.0 Å². The first-order valence-electron chi connectivity index (χ1n) is 15.5. The average Bonchev–Trinajstić information content (AvgIpc) is 3.35. The predicted octanol–water partition coefficient (Wildman–Crippen LogP) is 3.34. The SMILES string of the molecule is CCC.CNC(C)C=O.CNCC=O.CNc1ccc(COC(=O)C(C)(C)C)c(CCCCC(=O)O)c1.O=CCN1C(=O)C=CC1=O. The van der Waals surface area contributed by atoms with Crippen molar-refractivity contribution in [2.24, 2.45) is 5.41 Å². The average molecular weight is 665 g/mol. The van der Waals surface area contributed by atoms with Crippen LogP contribution in [0.3, 0.4) is 0 Å². The van der Waals surface area contributed by atoms with Gasteiger partial charge in [0.25, 0.3) is 11.8 Å². The van der Waals surface area contributed by atoms with Gasteiger partial charge in [-0.2, -0.15) is 0 Å². The van der Waals surface area contributed by atoms with Crippen molar-refractivity contribution >= 4 is 48.3 Å². The molecule has 1 heterocycles. The molecule has 0 fully saturated rings. The summed E-state index contributed by atoms with van der Waals surface area (Å²) >= 11 is 0. The molecule has 0 radical (unpaired) electrons. The molecule has 2 amide bonds. The number of aryl methyl sites for hydroxylation is 1. The maximum atomic E-state index is 11.9. The minimum atomic E-state index is -0.770. The molecule has 0 saturated heterocycles. The van der Waals surface area contributed by atoms with Crippen LogP contribution in [-0.2, 0) is 51.3 Å². The zero-order valence-corrected chi connectivity index (χ0v) is 29.5. The van der Waals surface area contributed by atoms with Gasteiger partial charge in [-0.15, -0.1) is 0 Å². The highest BCUT2D eigenvalue weighted by Crippen LogP contribution is 2.21. The minimum Gasteiger partial charge on any atom is -0.481 e. The molecular weight excluding hydrogens is 608 g/mol. The molecule has 0 spiro atoms. The number of nitrogens with zero attached hydrogens (tertiary/aromatic N) is 1. The summed E-state index contributed by atoms with van der Waals surface area (Å²) < 4.78 is 5.40. The third kappa shape index (κ3) is 25.6. The topological polar surface area (TPSA) is 188 Å². The van der Waals surface area contributed by atoms with Crippen molar-refractivity contribution in [1.29, 1.82) is 0 Å². The summed E-state index contributed by atoms with van der Waals surface area (Å²) in [6.07, 6.45) is 8.12. The quantitative estimate of drug-likeness (QED) is 0.0984. The largest absolute Gasteiger partial charge is 0.481 e. The number of unbranched alkanes of at least 4 members (excludes halogenated alkanes) is 1. The number of nitrogens with one attached hydrogen (secondary N) is 3. The van der Waals surface area contributed by atoms with Gasteiger partial charge in [-0.1, -0.05) is 26.3 Å². The van der Waals surface area contributed by atoms with Gasteiger partial charge < -0.3 is 40.2 Å². The van der Waals surface area contributed by atoms with E-state index in [0.29, 0.717) is 19.3 Å². The van der Waals surface area contributed by atoms with E-state index in [2.05, 4.69) is 29.8 Å². The van der Waals surface area contributed by atoms with Crippen LogP contribution in [0, 0.1) is 5.41 Å². The van der Waals surface area contributed by atoms with Crippen LogP contribution in [0.25, 0.3) is 0 Å². The molecule has 1 unspecified atom stereocenters. The Bertz CT molecular complexity index is 1100. The van der Waals surface area contributed by atoms with E-state index in [1.54, 1.807) is 21.0 Å². The van der Waals surface area contributed by atoms with Gasteiger partial charge in [-0.05, 0) is 84.3 Å². The smallest absolute Gasteiger partial charge is 0.311 e. The fourth-order valence-corrected chi connectivity index (χ4v) is 2.94. The molecule has 1 aliphatic heterocycles. The summed E-state index contributed by atoms with van der Waals surface area (Å²) in [5.74, 6) is -1.84. The van der Waals surface area contributed by atoms with Crippen molar-refractivity contribution in [3.05, 3.63) is 41.5 Å². The van der Waals surface area contributed by atoms with Gasteiger partial charge in [0.1, 0.15) is 25.5 Å². The zero-order chi connectivity index (χ0) is 36.8. The van der Waals surface area contributed by atoms with Crippen LogP contribution in [0.4, 0.5) is 5.69 Å². The molecule has 47 heavy (non-hydrogen) atoms. The number of anilines is 1. The van der Waals surface area contributed by atoms with Crippen LogP contribution < -0.4 is 16.0 Å². The lowest BCUT2D eigenvalue weighted by molar-refractivity contribution is -0.154. The molecule has 1 aromatic rings. The fraction of sp³-hybridized carbons (Fsp3) is 0.559. The second kappa shape index (κ2) is 29.2. The van der Waals surface area contributed by atoms with Gasteiger partial charge in [-0.25, -0.2) is 0 Å². The van der Waals surface area contributed by atoms with Crippen molar-refractivity contribution in [2.75, 3.05) is 39.5 Å². The van der Waals surface area contributed by atoms with E-state index in [4.69, 9.17) is 9.84 Å². The Hall–Kier alpha value is -4.23. The van der Waals surface area contributed by atoms with Crippen molar-refractivity contribution in [1.82, 2.24) is 15.5 Å². The number of benzene rings is 1. The monoisotopic (exact) mass is 664 g/mol. The van der Waals surface area contributed by atoms with Crippen molar-refractivity contribution in [3.63, 3.8) is 0 Å². The van der Waals surface area contributed by atoms with Crippen LogP contribution in [-0.4, -0.2) is 92.9 Å². The Morgan fingerprint density at radius 2 is 1.53 bits per heavy atom. The summed E-state index contributed by atoms with van der Waals surface area (Å²) in [5, 5.41) is 17.2. The van der Waals surface area contributed by atoms with Gasteiger partial charge in [0.05, 0.1) is 24.5 Å². The van der Waals surface area contributed by atoms with Crippen LogP contribution in [0.1, 0.15) is 78.4 Å². The lowest BCUT2D eigenvalue weighted by atomic mass is 9.97. The van der Waals surface area contributed by atoms with E-state index in [1.165, 1.54) is 6.42 Å². The van der Waals surface area contributed by atoms with Gasteiger partial charge in [0.2, 0.25) is 0 Å². The molecule has 0 aromatic heterocycles. The number of rotatable bonds is 14. The second-order valence-electron chi connectivity index (χ2n) is 11.1. The number of aldehydes is 3. The molecular formula is C34H56N4O9. The normalized spacial score (nSPS) is 11.9. The number of carboxylic acid groups (broad SMARTS) is 1. The highest BCUT2D eigenvalue weighted by Gasteiger charge is 2.23. The number of aliphatic carboxylic acids is 1. The Kier molecular flexibility index (Phi) is 29.3. The lowest BCUT2D eigenvalue weighted by Gasteiger charge is -2.18. The zero-order valence-electron chi connectivity index (χ0n) is 29.5.